The predicted molar refractivity (Wildman–Crippen MR) is 84.8 cm³/mol. The second-order valence-electron chi connectivity index (χ2n) is 4.50. The molecule has 0 saturated heterocycles. The average molecular weight is 297 g/mol. The highest BCUT2D eigenvalue weighted by atomic mass is 32.1. The van der Waals surface area contributed by atoms with Gasteiger partial charge in [0.05, 0.1) is 12.3 Å². The van der Waals surface area contributed by atoms with Crippen LogP contribution in [0.5, 0.6) is 11.5 Å². The van der Waals surface area contributed by atoms with Crippen LogP contribution in [0, 0.1) is 0 Å². The minimum absolute atomic E-state index is 0.555. The van der Waals surface area contributed by atoms with Crippen molar-refractivity contribution < 1.29 is 9.47 Å². The molecule has 21 heavy (non-hydrogen) atoms. The summed E-state index contributed by atoms with van der Waals surface area (Å²) >= 11 is 1.61. The average Bonchev–Trinajstić information content (AvgIpc) is 2.98. The lowest BCUT2D eigenvalue weighted by molar-refractivity contribution is 0.184. The molecule has 0 spiro atoms. The molecule has 0 aliphatic rings. The van der Waals surface area contributed by atoms with Crippen LogP contribution in [-0.2, 0) is 11.3 Å². The number of rotatable bonds is 5. The summed E-state index contributed by atoms with van der Waals surface area (Å²) in [5.41, 5.74) is 2.05. The van der Waals surface area contributed by atoms with Crippen molar-refractivity contribution >= 4 is 11.3 Å². The quantitative estimate of drug-likeness (QED) is 0.681. The molecule has 0 bridgehead atoms. The van der Waals surface area contributed by atoms with Gasteiger partial charge in [-0.05, 0) is 36.4 Å². The van der Waals surface area contributed by atoms with Crippen LogP contribution in [0.1, 0.15) is 5.01 Å². The molecule has 0 aliphatic heterocycles. The number of nitrogens with zero attached hydrogens (tertiary/aromatic N) is 1. The van der Waals surface area contributed by atoms with Crippen LogP contribution in [0.3, 0.4) is 0 Å². The summed E-state index contributed by atoms with van der Waals surface area (Å²) in [4.78, 5) is 4.54. The fourth-order valence-electron chi connectivity index (χ4n) is 1.95. The van der Waals surface area contributed by atoms with Crippen molar-refractivity contribution in [1.82, 2.24) is 4.98 Å². The van der Waals surface area contributed by atoms with Crippen LogP contribution in [0.25, 0.3) is 11.3 Å². The first-order chi connectivity index (χ1) is 10.3. The third-order valence-electron chi connectivity index (χ3n) is 2.95. The summed E-state index contributed by atoms with van der Waals surface area (Å²) in [6.07, 6.45) is 0. The summed E-state index contributed by atoms with van der Waals surface area (Å²) < 4.78 is 10.9. The number of para-hydroxylation sites is 1. The predicted octanol–water partition coefficient (Wildman–Crippen LogP) is 4.75. The summed E-state index contributed by atoms with van der Waals surface area (Å²) in [7, 11) is 1.68. The summed E-state index contributed by atoms with van der Waals surface area (Å²) in [6.45, 7) is 0.555. The molecule has 4 heteroatoms. The zero-order valence-corrected chi connectivity index (χ0v) is 12.5. The first-order valence-electron chi connectivity index (χ1n) is 6.62. The summed E-state index contributed by atoms with van der Waals surface area (Å²) in [5, 5.41) is 3.03. The van der Waals surface area contributed by atoms with Gasteiger partial charge in [-0.25, -0.2) is 4.98 Å². The first kappa shape index (κ1) is 13.8. The van der Waals surface area contributed by atoms with Crippen molar-refractivity contribution in [3.8, 4) is 22.8 Å². The number of benzene rings is 2. The highest BCUT2D eigenvalue weighted by Gasteiger charge is 2.05. The van der Waals surface area contributed by atoms with Gasteiger partial charge in [0.15, 0.2) is 0 Å². The van der Waals surface area contributed by atoms with Gasteiger partial charge in [-0.15, -0.1) is 11.3 Å². The number of aromatic nitrogens is 1. The lowest BCUT2D eigenvalue weighted by Crippen LogP contribution is -1.86. The minimum atomic E-state index is 0.555. The number of thiazole rings is 1. The van der Waals surface area contributed by atoms with E-state index in [-0.39, 0.29) is 0 Å². The molecule has 2 aromatic carbocycles. The molecular weight excluding hydrogens is 282 g/mol. The molecule has 0 saturated carbocycles. The molecule has 0 radical (unpaired) electrons. The van der Waals surface area contributed by atoms with Crippen molar-refractivity contribution in [2.24, 2.45) is 0 Å². The van der Waals surface area contributed by atoms with Gasteiger partial charge in [0.1, 0.15) is 16.5 Å². The van der Waals surface area contributed by atoms with Crippen LogP contribution >= 0.6 is 11.3 Å². The molecular formula is C17H15NO2S. The van der Waals surface area contributed by atoms with E-state index in [4.69, 9.17) is 9.47 Å². The fraction of sp³-hybridized carbons (Fsp3) is 0.118. The summed E-state index contributed by atoms with van der Waals surface area (Å²) in [5.74, 6) is 1.65. The van der Waals surface area contributed by atoms with Gasteiger partial charge in [-0.2, -0.15) is 0 Å². The molecule has 3 aromatic rings. The molecule has 1 heterocycles. The van der Waals surface area contributed by atoms with Gasteiger partial charge < -0.3 is 9.47 Å². The highest BCUT2D eigenvalue weighted by Crippen LogP contribution is 2.26. The Morgan fingerprint density at radius 3 is 2.38 bits per heavy atom. The van der Waals surface area contributed by atoms with E-state index in [0.29, 0.717) is 6.61 Å². The SMILES string of the molecule is COCc1nc(-c2ccc(Oc3ccccc3)cc2)cs1. The van der Waals surface area contributed by atoms with Gasteiger partial charge >= 0.3 is 0 Å². The monoisotopic (exact) mass is 297 g/mol. The topological polar surface area (TPSA) is 31.4 Å². The zero-order chi connectivity index (χ0) is 14.5. The number of ether oxygens (including phenoxy) is 2. The van der Waals surface area contributed by atoms with Gasteiger partial charge in [0.25, 0.3) is 0 Å². The molecule has 1 aromatic heterocycles. The van der Waals surface area contributed by atoms with E-state index in [1.165, 1.54) is 0 Å². The first-order valence-corrected chi connectivity index (χ1v) is 7.50. The fourth-order valence-corrected chi connectivity index (χ4v) is 2.73. The lowest BCUT2D eigenvalue weighted by Gasteiger charge is -2.05. The van der Waals surface area contributed by atoms with Crippen LogP contribution in [-0.4, -0.2) is 12.1 Å². The van der Waals surface area contributed by atoms with E-state index >= 15 is 0 Å². The Bertz CT molecular complexity index is 692. The molecule has 0 fully saturated rings. The Morgan fingerprint density at radius 1 is 0.952 bits per heavy atom. The largest absolute Gasteiger partial charge is 0.457 e. The lowest BCUT2D eigenvalue weighted by atomic mass is 10.2. The Morgan fingerprint density at radius 2 is 1.67 bits per heavy atom. The number of methoxy groups -OCH3 is 1. The van der Waals surface area contributed by atoms with Crippen molar-refractivity contribution in [2.75, 3.05) is 7.11 Å². The maximum Gasteiger partial charge on any atom is 0.127 e. The van der Waals surface area contributed by atoms with E-state index < -0.39 is 0 Å². The minimum Gasteiger partial charge on any atom is -0.457 e. The van der Waals surface area contributed by atoms with E-state index in [1.807, 2.05) is 60.0 Å². The molecule has 0 aliphatic carbocycles. The number of hydrogen-bond donors (Lipinski definition) is 0. The van der Waals surface area contributed by atoms with Crippen LogP contribution in [0.4, 0.5) is 0 Å². The van der Waals surface area contributed by atoms with Crippen LogP contribution < -0.4 is 4.74 Å². The Labute approximate surface area is 127 Å². The van der Waals surface area contributed by atoms with Gasteiger partial charge in [-0.1, -0.05) is 18.2 Å². The van der Waals surface area contributed by atoms with E-state index in [2.05, 4.69) is 4.98 Å². The Hall–Kier alpha value is -2.17. The second kappa shape index (κ2) is 6.52. The Balaban J connectivity index is 1.74. The van der Waals surface area contributed by atoms with Gasteiger partial charge in [0, 0.05) is 18.1 Å². The maximum absolute atomic E-state index is 5.78. The molecule has 0 atom stereocenters. The van der Waals surface area contributed by atoms with Crippen molar-refractivity contribution in [2.45, 2.75) is 6.61 Å². The standard InChI is InChI=1S/C17H15NO2S/c1-19-11-17-18-16(12-21-17)13-7-9-15(10-8-13)20-14-5-3-2-4-6-14/h2-10,12H,11H2,1H3. The third-order valence-corrected chi connectivity index (χ3v) is 3.77. The molecule has 0 unspecified atom stereocenters. The third kappa shape index (κ3) is 3.48. The molecule has 3 rings (SSSR count). The van der Waals surface area contributed by atoms with Crippen molar-refractivity contribution in [1.29, 1.82) is 0 Å². The Kier molecular flexibility index (Phi) is 4.28. The molecule has 0 N–H and O–H groups in total. The zero-order valence-electron chi connectivity index (χ0n) is 11.7. The molecule has 0 amide bonds. The van der Waals surface area contributed by atoms with Crippen LogP contribution in [0.15, 0.2) is 60.0 Å². The molecule has 3 nitrogen and oxygen atoms in total. The van der Waals surface area contributed by atoms with E-state index in [0.717, 1.165) is 27.8 Å². The maximum atomic E-state index is 5.78. The van der Waals surface area contributed by atoms with Gasteiger partial charge in [-0.3, -0.25) is 0 Å². The van der Waals surface area contributed by atoms with Crippen molar-refractivity contribution in [3.05, 3.63) is 65.0 Å². The van der Waals surface area contributed by atoms with Crippen LogP contribution in [0.2, 0.25) is 0 Å². The van der Waals surface area contributed by atoms with E-state index in [9.17, 15) is 0 Å². The highest BCUT2D eigenvalue weighted by molar-refractivity contribution is 7.09. The second-order valence-corrected chi connectivity index (χ2v) is 5.44. The normalized spacial score (nSPS) is 10.5. The smallest absolute Gasteiger partial charge is 0.127 e. The number of hydrogen-bond acceptors (Lipinski definition) is 4. The summed E-state index contributed by atoms with van der Waals surface area (Å²) in [6, 6.07) is 17.7. The molecule has 106 valence electrons. The van der Waals surface area contributed by atoms with Crippen molar-refractivity contribution in [3.63, 3.8) is 0 Å². The van der Waals surface area contributed by atoms with Gasteiger partial charge in [0.2, 0.25) is 0 Å². The van der Waals surface area contributed by atoms with E-state index in [1.54, 1.807) is 18.4 Å².